The first-order valence-electron chi connectivity index (χ1n) is 11.4. The normalized spacial score (nSPS) is 11.7. The van der Waals surface area contributed by atoms with Crippen molar-refractivity contribution in [1.29, 1.82) is 0 Å². The number of hydrogen-bond donors (Lipinski definition) is 1. The summed E-state index contributed by atoms with van der Waals surface area (Å²) in [5.74, 6) is 2.21. The van der Waals surface area contributed by atoms with Crippen molar-refractivity contribution in [1.82, 2.24) is 14.5 Å². The Bertz CT molecular complexity index is 963. The van der Waals surface area contributed by atoms with E-state index in [0.29, 0.717) is 18.4 Å². The third kappa shape index (κ3) is 5.95. The highest BCUT2D eigenvalue weighted by atomic mass is 32.1. The molecular formula is C25H36N4OS. The first-order chi connectivity index (χ1) is 14.9. The lowest BCUT2D eigenvalue weighted by atomic mass is 10.1. The van der Waals surface area contributed by atoms with Gasteiger partial charge in [-0.3, -0.25) is 4.79 Å². The standard InChI is InChI=1S/C25H36N4OS/c1-18(2)8-13-28(14-9-19(3)4)25(30)20-6-7-22-23(16-20)29(12-5-11-26)24(27-22)21-10-15-31-17-21/h6-7,10,15-19H,5,8-9,11-14,26H2,1-4H3. The van der Waals surface area contributed by atoms with Crippen LogP contribution in [-0.4, -0.2) is 40.0 Å². The molecule has 0 aliphatic heterocycles. The van der Waals surface area contributed by atoms with Crippen LogP contribution in [0, 0.1) is 11.8 Å². The summed E-state index contributed by atoms with van der Waals surface area (Å²) in [5, 5.41) is 4.18. The molecule has 0 saturated heterocycles. The van der Waals surface area contributed by atoms with Gasteiger partial charge in [0.1, 0.15) is 5.82 Å². The zero-order chi connectivity index (χ0) is 22.4. The number of amides is 1. The van der Waals surface area contributed by atoms with Crippen molar-refractivity contribution in [2.45, 2.75) is 53.5 Å². The minimum atomic E-state index is 0.117. The zero-order valence-electron chi connectivity index (χ0n) is 19.3. The number of carbonyl (C=O) groups is 1. The summed E-state index contributed by atoms with van der Waals surface area (Å²) in [5.41, 5.74) is 9.58. The molecule has 6 heteroatoms. The van der Waals surface area contributed by atoms with E-state index in [1.165, 1.54) is 0 Å². The van der Waals surface area contributed by atoms with Gasteiger partial charge in [-0.05, 0) is 67.3 Å². The van der Waals surface area contributed by atoms with Crippen molar-refractivity contribution in [2.24, 2.45) is 17.6 Å². The second-order valence-electron chi connectivity index (χ2n) is 9.10. The van der Waals surface area contributed by atoms with Crippen molar-refractivity contribution >= 4 is 28.3 Å². The minimum absolute atomic E-state index is 0.117. The number of thiophene rings is 1. The molecular weight excluding hydrogens is 404 g/mol. The molecule has 0 aliphatic carbocycles. The molecule has 0 aliphatic rings. The van der Waals surface area contributed by atoms with Crippen molar-refractivity contribution in [3.63, 3.8) is 0 Å². The summed E-state index contributed by atoms with van der Waals surface area (Å²) < 4.78 is 2.22. The summed E-state index contributed by atoms with van der Waals surface area (Å²) >= 11 is 1.67. The molecule has 3 rings (SSSR count). The van der Waals surface area contributed by atoms with Crippen molar-refractivity contribution in [3.8, 4) is 11.4 Å². The number of aryl methyl sites for hydroxylation is 1. The van der Waals surface area contributed by atoms with E-state index < -0.39 is 0 Å². The lowest BCUT2D eigenvalue weighted by molar-refractivity contribution is 0.0741. The molecule has 5 nitrogen and oxygen atoms in total. The van der Waals surface area contributed by atoms with E-state index in [1.54, 1.807) is 11.3 Å². The van der Waals surface area contributed by atoms with Gasteiger partial charge in [-0.1, -0.05) is 27.7 Å². The molecule has 0 atom stereocenters. The lowest BCUT2D eigenvalue weighted by Gasteiger charge is -2.24. The molecule has 3 aromatic rings. The molecule has 2 N–H and O–H groups in total. The highest BCUT2D eigenvalue weighted by molar-refractivity contribution is 7.08. The van der Waals surface area contributed by atoms with E-state index in [2.05, 4.69) is 49.1 Å². The second kappa shape index (κ2) is 10.9. The van der Waals surface area contributed by atoms with Crippen LogP contribution in [0.2, 0.25) is 0 Å². The number of rotatable bonds is 11. The Morgan fingerprint density at radius 3 is 2.42 bits per heavy atom. The number of benzene rings is 1. The van der Waals surface area contributed by atoms with E-state index in [1.807, 2.05) is 23.1 Å². The number of aromatic nitrogens is 2. The highest BCUT2D eigenvalue weighted by Gasteiger charge is 2.19. The summed E-state index contributed by atoms with van der Waals surface area (Å²) in [6, 6.07) is 8.03. The van der Waals surface area contributed by atoms with Crippen molar-refractivity contribution in [2.75, 3.05) is 19.6 Å². The minimum Gasteiger partial charge on any atom is -0.339 e. The van der Waals surface area contributed by atoms with Gasteiger partial charge in [0, 0.05) is 36.1 Å². The van der Waals surface area contributed by atoms with E-state index in [-0.39, 0.29) is 5.91 Å². The molecule has 0 saturated carbocycles. The lowest BCUT2D eigenvalue weighted by Crippen LogP contribution is -2.34. The van der Waals surface area contributed by atoms with E-state index in [4.69, 9.17) is 10.7 Å². The summed E-state index contributed by atoms with van der Waals surface area (Å²) in [6.45, 7) is 11.8. The Morgan fingerprint density at radius 2 is 1.84 bits per heavy atom. The van der Waals surface area contributed by atoms with Gasteiger partial charge in [0.05, 0.1) is 11.0 Å². The van der Waals surface area contributed by atoms with Gasteiger partial charge in [0.25, 0.3) is 5.91 Å². The molecule has 0 spiro atoms. The van der Waals surface area contributed by atoms with Crippen LogP contribution >= 0.6 is 11.3 Å². The fourth-order valence-electron chi connectivity index (χ4n) is 3.67. The van der Waals surface area contributed by atoms with Gasteiger partial charge in [-0.25, -0.2) is 4.98 Å². The topological polar surface area (TPSA) is 64.2 Å². The Labute approximate surface area is 190 Å². The van der Waals surface area contributed by atoms with Gasteiger partial charge in [-0.15, -0.1) is 0 Å². The van der Waals surface area contributed by atoms with E-state index in [9.17, 15) is 4.79 Å². The molecule has 0 fully saturated rings. The molecule has 31 heavy (non-hydrogen) atoms. The van der Waals surface area contributed by atoms with E-state index >= 15 is 0 Å². The Hall–Kier alpha value is -2.18. The summed E-state index contributed by atoms with van der Waals surface area (Å²) in [4.78, 5) is 20.4. The molecule has 0 bridgehead atoms. The van der Waals surface area contributed by atoms with Gasteiger partial charge in [0.15, 0.2) is 0 Å². The van der Waals surface area contributed by atoms with Gasteiger partial charge in [-0.2, -0.15) is 11.3 Å². The van der Waals surface area contributed by atoms with Crippen LogP contribution in [0.1, 0.15) is 57.3 Å². The number of hydrogen-bond acceptors (Lipinski definition) is 4. The van der Waals surface area contributed by atoms with Crippen molar-refractivity contribution in [3.05, 3.63) is 40.6 Å². The monoisotopic (exact) mass is 440 g/mol. The molecule has 1 aromatic carbocycles. The van der Waals surface area contributed by atoms with Crippen LogP contribution < -0.4 is 5.73 Å². The first kappa shape index (κ1) is 23.5. The summed E-state index contributed by atoms with van der Waals surface area (Å²) in [6.07, 6.45) is 2.90. The summed E-state index contributed by atoms with van der Waals surface area (Å²) in [7, 11) is 0. The zero-order valence-corrected chi connectivity index (χ0v) is 20.1. The Balaban J connectivity index is 1.95. The van der Waals surface area contributed by atoms with Crippen LogP contribution in [-0.2, 0) is 6.54 Å². The molecule has 0 radical (unpaired) electrons. The largest absolute Gasteiger partial charge is 0.339 e. The number of nitrogens with two attached hydrogens (primary N) is 1. The average molecular weight is 441 g/mol. The number of carbonyl (C=O) groups excluding carboxylic acids is 1. The van der Waals surface area contributed by atoms with Gasteiger partial charge >= 0.3 is 0 Å². The molecule has 2 aromatic heterocycles. The number of fused-ring (bicyclic) bond motifs is 1. The second-order valence-corrected chi connectivity index (χ2v) is 9.88. The van der Waals surface area contributed by atoms with E-state index in [0.717, 1.165) is 66.9 Å². The third-order valence-electron chi connectivity index (χ3n) is 5.60. The number of imidazole rings is 1. The molecule has 1 amide bonds. The van der Waals surface area contributed by atoms with Crippen LogP contribution in [0.3, 0.4) is 0 Å². The van der Waals surface area contributed by atoms with Crippen LogP contribution in [0.15, 0.2) is 35.0 Å². The van der Waals surface area contributed by atoms with Crippen LogP contribution in [0.4, 0.5) is 0 Å². The number of nitrogens with zero attached hydrogens (tertiary/aromatic N) is 3. The van der Waals surface area contributed by atoms with Gasteiger partial charge < -0.3 is 15.2 Å². The third-order valence-corrected chi connectivity index (χ3v) is 6.28. The molecule has 2 heterocycles. The van der Waals surface area contributed by atoms with Crippen LogP contribution in [0.5, 0.6) is 0 Å². The molecule has 0 unspecified atom stereocenters. The quantitative estimate of drug-likeness (QED) is 0.419. The maximum absolute atomic E-state index is 13.5. The fraction of sp³-hybridized carbons (Fsp3) is 0.520. The first-order valence-corrected chi connectivity index (χ1v) is 12.4. The highest BCUT2D eigenvalue weighted by Crippen LogP contribution is 2.28. The average Bonchev–Trinajstić information content (AvgIpc) is 3.38. The predicted octanol–water partition coefficient (Wildman–Crippen LogP) is 5.65. The van der Waals surface area contributed by atoms with Gasteiger partial charge in [0.2, 0.25) is 0 Å². The fourth-order valence-corrected chi connectivity index (χ4v) is 4.30. The molecule has 168 valence electrons. The van der Waals surface area contributed by atoms with Crippen molar-refractivity contribution < 1.29 is 4.79 Å². The Morgan fingerprint density at radius 1 is 1.13 bits per heavy atom. The maximum atomic E-state index is 13.5. The maximum Gasteiger partial charge on any atom is 0.253 e. The predicted molar refractivity (Wildman–Crippen MR) is 132 cm³/mol. The smallest absolute Gasteiger partial charge is 0.253 e. The SMILES string of the molecule is CC(C)CCN(CCC(C)C)C(=O)c1ccc2nc(-c3ccsc3)n(CCCN)c2c1. The van der Waals surface area contributed by atoms with Crippen LogP contribution in [0.25, 0.3) is 22.4 Å². The Kier molecular flexibility index (Phi) is 8.27.